The Kier molecular flexibility index (Phi) is 6.61. The average Bonchev–Trinajstić information content (AvgIpc) is 2.18. The van der Waals surface area contributed by atoms with Gasteiger partial charge >= 0.3 is 0 Å². The predicted molar refractivity (Wildman–Crippen MR) is 65.2 cm³/mol. The van der Waals surface area contributed by atoms with Crippen LogP contribution in [0.1, 0.15) is 34.6 Å². The van der Waals surface area contributed by atoms with Crippen LogP contribution in [0.5, 0.6) is 0 Å². The average molecular weight is 228 g/mol. The molecule has 0 rings (SSSR count). The second kappa shape index (κ2) is 6.87. The molecule has 0 aliphatic rings. The lowest BCUT2D eigenvalue weighted by atomic mass is 9.84. The Balaban J connectivity index is 4.88. The first-order valence-corrected chi connectivity index (χ1v) is 5.69. The van der Waals surface area contributed by atoms with Crippen molar-refractivity contribution in [2.45, 2.75) is 47.0 Å². The summed E-state index contributed by atoms with van der Waals surface area (Å²) in [5.74, 6) is 0. The molecule has 1 N–H and O–H groups in total. The number of hydrogen-bond donors (Lipinski definition) is 1. The number of aliphatic hydroxyl groups excluding tert-OH is 1. The monoisotopic (exact) mass is 228 g/mol. The van der Waals surface area contributed by atoms with Gasteiger partial charge in [-0.25, -0.2) is 0 Å². The zero-order chi connectivity index (χ0) is 12.8. The van der Waals surface area contributed by atoms with Gasteiger partial charge in [0.15, 0.2) is 6.29 Å². The molecule has 0 bridgehead atoms. The summed E-state index contributed by atoms with van der Waals surface area (Å²) in [7, 11) is 0. The lowest BCUT2D eigenvalue weighted by Crippen LogP contribution is -2.35. The van der Waals surface area contributed by atoms with E-state index in [1.807, 2.05) is 34.6 Å². The topological polar surface area (TPSA) is 38.7 Å². The van der Waals surface area contributed by atoms with Crippen LogP contribution in [0.3, 0.4) is 0 Å². The standard InChI is InChI=1S/C13H24O3/c1-7-10(11(14)13(4,5)6)12(15-8-2)16-9-3/h11-12,14H,1,8-9H2,2-6H3. The van der Waals surface area contributed by atoms with Gasteiger partial charge in [0, 0.05) is 13.2 Å². The molecule has 3 nitrogen and oxygen atoms in total. The number of ether oxygens (including phenoxy) is 2. The molecule has 0 aromatic heterocycles. The fourth-order valence-electron chi connectivity index (χ4n) is 1.31. The van der Waals surface area contributed by atoms with E-state index in [0.717, 1.165) is 0 Å². The Morgan fingerprint density at radius 1 is 1.25 bits per heavy atom. The van der Waals surface area contributed by atoms with Crippen molar-refractivity contribution >= 4 is 0 Å². The first kappa shape index (κ1) is 15.4. The van der Waals surface area contributed by atoms with E-state index in [1.165, 1.54) is 0 Å². The van der Waals surface area contributed by atoms with Gasteiger partial charge in [-0.15, -0.1) is 5.73 Å². The lowest BCUT2D eigenvalue weighted by Gasteiger charge is -2.30. The summed E-state index contributed by atoms with van der Waals surface area (Å²) < 4.78 is 10.9. The largest absolute Gasteiger partial charge is 0.387 e. The maximum atomic E-state index is 10.2. The van der Waals surface area contributed by atoms with E-state index in [2.05, 4.69) is 12.3 Å². The van der Waals surface area contributed by atoms with Gasteiger partial charge in [0.2, 0.25) is 0 Å². The predicted octanol–water partition coefficient (Wildman–Crippen LogP) is 2.50. The van der Waals surface area contributed by atoms with Crippen LogP contribution in [0, 0.1) is 5.41 Å². The SMILES string of the molecule is C=C=C(C(OCC)OCC)C(O)C(C)(C)C. The fraction of sp³-hybridized carbons (Fsp3) is 0.769. The molecule has 0 aliphatic heterocycles. The number of rotatable bonds is 6. The van der Waals surface area contributed by atoms with Gasteiger partial charge in [-0.2, -0.15) is 0 Å². The highest BCUT2D eigenvalue weighted by Crippen LogP contribution is 2.27. The van der Waals surface area contributed by atoms with Crippen molar-refractivity contribution in [1.82, 2.24) is 0 Å². The van der Waals surface area contributed by atoms with Crippen LogP contribution in [0.15, 0.2) is 17.9 Å². The number of hydrogen-bond acceptors (Lipinski definition) is 3. The maximum absolute atomic E-state index is 10.2. The summed E-state index contributed by atoms with van der Waals surface area (Å²) in [6.45, 7) is 14.3. The van der Waals surface area contributed by atoms with Gasteiger partial charge < -0.3 is 14.6 Å². The van der Waals surface area contributed by atoms with Gasteiger partial charge in [0.25, 0.3) is 0 Å². The van der Waals surface area contributed by atoms with Crippen LogP contribution in [0.2, 0.25) is 0 Å². The summed E-state index contributed by atoms with van der Waals surface area (Å²) in [5.41, 5.74) is 3.03. The molecule has 0 amide bonds. The highest BCUT2D eigenvalue weighted by molar-refractivity contribution is 5.12. The Bertz CT molecular complexity index is 240. The molecule has 0 aromatic rings. The molecule has 0 spiro atoms. The van der Waals surface area contributed by atoms with Gasteiger partial charge in [0.05, 0.1) is 11.7 Å². The van der Waals surface area contributed by atoms with Crippen molar-refractivity contribution in [3.05, 3.63) is 17.9 Å². The minimum atomic E-state index is -0.673. The van der Waals surface area contributed by atoms with Crippen LogP contribution in [-0.2, 0) is 9.47 Å². The zero-order valence-electron chi connectivity index (χ0n) is 11.0. The summed E-state index contributed by atoms with van der Waals surface area (Å²) in [6.07, 6.45) is -1.23. The molecule has 3 heteroatoms. The minimum Gasteiger partial charge on any atom is -0.387 e. The maximum Gasteiger partial charge on any atom is 0.189 e. The quantitative estimate of drug-likeness (QED) is 0.561. The van der Waals surface area contributed by atoms with Gasteiger partial charge in [-0.1, -0.05) is 27.4 Å². The molecule has 0 aliphatic carbocycles. The number of aliphatic hydroxyl groups is 1. The molecule has 0 radical (unpaired) electrons. The van der Waals surface area contributed by atoms with Crippen molar-refractivity contribution in [1.29, 1.82) is 0 Å². The van der Waals surface area contributed by atoms with Crippen LogP contribution >= 0.6 is 0 Å². The molecule has 94 valence electrons. The van der Waals surface area contributed by atoms with E-state index >= 15 is 0 Å². The highest BCUT2D eigenvalue weighted by atomic mass is 16.7. The molecule has 0 saturated carbocycles. The molecule has 0 saturated heterocycles. The molecular formula is C13H24O3. The fourth-order valence-corrected chi connectivity index (χ4v) is 1.31. The van der Waals surface area contributed by atoms with E-state index in [4.69, 9.17) is 9.47 Å². The van der Waals surface area contributed by atoms with Crippen LogP contribution in [0.4, 0.5) is 0 Å². The zero-order valence-corrected chi connectivity index (χ0v) is 11.0. The molecule has 1 atom stereocenters. The normalized spacial score (nSPS) is 13.7. The van der Waals surface area contributed by atoms with E-state index in [-0.39, 0.29) is 5.41 Å². The lowest BCUT2D eigenvalue weighted by molar-refractivity contribution is -0.124. The first-order valence-electron chi connectivity index (χ1n) is 5.69. The highest BCUT2D eigenvalue weighted by Gasteiger charge is 2.31. The van der Waals surface area contributed by atoms with Crippen LogP contribution in [-0.4, -0.2) is 30.7 Å². The van der Waals surface area contributed by atoms with Crippen LogP contribution < -0.4 is 0 Å². The van der Waals surface area contributed by atoms with Crippen molar-refractivity contribution in [2.24, 2.45) is 5.41 Å². The van der Waals surface area contributed by atoms with Gasteiger partial charge in [-0.05, 0) is 19.3 Å². The second-order valence-corrected chi connectivity index (χ2v) is 4.64. The van der Waals surface area contributed by atoms with E-state index in [0.29, 0.717) is 18.8 Å². The molecule has 16 heavy (non-hydrogen) atoms. The Morgan fingerprint density at radius 3 is 1.94 bits per heavy atom. The van der Waals surface area contributed by atoms with E-state index in [9.17, 15) is 5.11 Å². The Hall–Kier alpha value is -0.600. The second-order valence-electron chi connectivity index (χ2n) is 4.64. The third-order valence-electron chi connectivity index (χ3n) is 2.21. The van der Waals surface area contributed by atoms with Crippen molar-refractivity contribution in [2.75, 3.05) is 13.2 Å². The Labute approximate surface area is 98.8 Å². The molecule has 1 unspecified atom stereocenters. The van der Waals surface area contributed by atoms with Crippen LogP contribution in [0.25, 0.3) is 0 Å². The molecule has 0 aromatic carbocycles. The smallest absolute Gasteiger partial charge is 0.189 e. The molecule has 0 fully saturated rings. The third-order valence-corrected chi connectivity index (χ3v) is 2.21. The minimum absolute atomic E-state index is 0.285. The summed E-state index contributed by atoms with van der Waals surface area (Å²) >= 11 is 0. The first-order chi connectivity index (χ1) is 7.38. The van der Waals surface area contributed by atoms with E-state index < -0.39 is 12.4 Å². The molecule has 0 heterocycles. The van der Waals surface area contributed by atoms with Crippen molar-refractivity contribution in [3.8, 4) is 0 Å². The van der Waals surface area contributed by atoms with Crippen molar-refractivity contribution in [3.63, 3.8) is 0 Å². The summed E-state index contributed by atoms with van der Waals surface area (Å²) in [4.78, 5) is 0. The molecular weight excluding hydrogens is 204 g/mol. The van der Waals surface area contributed by atoms with Crippen molar-refractivity contribution < 1.29 is 14.6 Å². The third kappa shape index (κ3) is 4.50. The summed E-state index contributed by atoms with van der Waals surface area (Å²) in [5, 5.41) is 10.2. The summed E-state index contributed by atoms with van der Waals surface area (Å²) in [6, 6.07) is 0. The van der Waals surface area contributed by atoms with E-state index in [1.54, 1.807) is 0 Å². The Morgan fingerprint density at radius 2 is 1.69 bits per heavy atom. The van der Waals surface area contributed by atoms with Gasteiger partial charge in [-0.3, -0.25) is 0 Å². The van der Waals surface area contributed by atoms with Gasteiger partial charge in [0.1, 0.15) is 0 Å².